The Bertz CT molecular complexity index is 51.0. The van der Waals surface area contributed by atoms with Crippen molar-refractivity contribution in [3.05, 3.63) is 0 Å². The number of phosphoric acid groups is 1. The Hall–Kier alpha value is -0.130. The molecular formula is H12O10P-3. The topological polar surface area (TPSA) is 275 Å². The lowest BCUT2D eigenvalue weighted by atomic mass is 15.8. The van der Waals surface area contributed by atoms with Crippen LogP contribution in [-0.2, 0) is 4.57 Å². The molecule has 0 radical (unpaired) electrons. The van der Waals surface area contributed by atoms with Crippen LogP contribution in [0.5, 0.6) is 0 Å². The Labute approximate surface area is 61.2 Å². The maximum atomic E-state index is 8.55. The second kappa shape index (κ2) is 22.5. The molecule has 0 saturated carbocycles. The third kappa shape index (κ3) is 36200. The van der Waals surface area contributed by atoms with Gasteiger partial charge in [0.15, 0.2) is 0 Å². The molecule has 10 nitrogen and oxygen atoms in total. The van der Waals surface area contributed by atoms with Gasteiger partial charge in [0.05, 0.1) is 0 Å². The molecule has 0 fully saturated rings. The van der Waals surface area contributed by atoms with Crippen molar-refractivity contribution in [3.8, 4) is 0 Å². The number of rotatable bonds is 0. The van der Waals surface area contributed by atoms with Gasteiger partial charge in [-0.15, -0.1) is 0 Å². The van der Waals surface area contributed by atoms with Gasteiger partial charge in [-0.25, -0.2) is 0 Å². The molecule has 0 aliphatic heterocycles. The summed E-state index contributed by atoms with van der Waals surface area (Å²) in [6.45, 7) is 0. The Morgan fingerprint density at radius 2 is 0.636 bits per heavy atom. The van der Waals surface area contributed by atoms with Crippen molar-refractivity contribution in [2.24, 2.45) is 0 Å². The average Bonchev–Trinajstić information content (AvgIpc) is 0.722. The third-order valence-corrected chi connectivity index (χ3v) is 0. The van der Waals surface area contributed by atoms with Crippen LogP contribution < -0.4 is 14.7 Å². The molecule has 0 aliphatic rings. The van der Waals surface area contributed by atoms with Crippen molar-refractivity contribution in [3.63, 3.8) is 0 Å². The van der Waals surface area contributed by atoms with Gasteiger partial charge in [0.2, 0.25) is 0 Å². The minimum absolute atomic E-state index is 0. The minimum Gasteiger partial charge on any atom is -0.822 e. The summed E-state index contributed by atoms with van der Waals surface area (Å²) in [6, 6.07) is 0. The highest BCUT2D eigenvalue weighted by Gasteiger charge is 1.44. The van der Waals surface area contributed by atoms with Gasteiger partial charge < -0.3 is 52.1 Å². The van der Waals surface area contributed by atoms with E-state index < -0.39 is 7.82 Å². The van der Waals surface area contributed by atoms with E-state index >= 15 is 0 Å². The van der Waals surface area contributed by atoms with Crippen LogP contribution >= 0.6 is 7.82 Å². The monoisotopic (exact) mass is 203 g/mol. The van der Waals surface area contributed by atoms with E-state index in [0.29, 0.717) is 0 Å². The maximum absolute atomic E-state index is 8.55. The zero-order valence-electron chi connectivity index (χ0n) is 5.08. The van der Waals surface area contributed by atoms with Crippen LogP contribution in [0.4, 0.5) is 0 Å². The fourth-order valence-corrected chi connectivity index (χ4v) is 0. The molecule has 0 saturated heterocycles. The second-order valence-electron chi connectivity index (χ2n) is 0.447. The standard InChI is InChI=1S/H3O4P.6H2O/c1-5(2,3)4;;;;;;/h(H3,1,2,3,4);6*1H2/p-3. The summed E-state index contributed by atoms with van der Waals surface area (Å²) in [6.07, 6.45) is 0. The average molecular weight is 203 g/mol. The van der Waals surface area contributed by atoms with E-state index in [4.69, 9.17) is 19.2 Å². The van der Waals surface area contributed by atoms with Gasteiger partial charge in [-0.2, -0.15) is 7.82 Å². The quantitative estimate of drug-likeness (QED) is 0.346. The Morgan fingerprint density at radius 1 is 0.636 bits per heavy atom. The molecule has 0 unspecified atom stereocenters. The van der Waals surface area contributed by atoms with E-state index in [1.165, 1.54) is 0 Å². The first-order valence-electron chi connectivity index (χ1n) is 0.730. The lowest BCUT2D eigenvalue weighted by molar-refractivity contribution is -0.432. The fraction of sp³-hybridized carbons (Fsp3) is 0. The first-order chi connectivity index (χ1) is 2.00. The van der Waals surface area contributed by atoms with Crippen LogP contribution in [0.3, 0.4) is 0 Å². The molecule has 12 N–H and O–H groups in total. The summed E-state index contributed by atoms with van der Waals surface area (Å²) in [5.74, 6) is 0. The Morgan fingerprint density at radius 3 is 0.636 bits per heavy atom. The van der Waals surface area contributed by atoms with E-state index in [0.717, 1.165) is 0 Å². The van der Waals surface area contributed by atoms with Crippen LogP contribution in [-0.4, -0.2) is 32.9 Å². The van der Waals surface area contributed by atoms with Crippen molar-refractivity contribution in [1.29, 1.82) is 0 Å². The van der Waals surface area contributed by atoms with Gasteiger partial charge in [0.1, 0.15) is 0 Å². The van der Waals surface area contributed by atoms with Gasteiger partial charge in [0, 0.05) is 0 Å². The molecule has 0 bridgehead atoms. The summed E-state index contributed by atoms with van der Waals surface area (Å²) in [7, 11) is -5.39. The lowest BCUT2D eigenvalue weighted by Gasteiger charge is -2.36. The number of hydrogen-bond acceptors (Lipinski definition) is 4. The zero-order chi connectivity index (χ0) is 4.50. The smallest absolute Gasteiger partial charge is 0.159 e. The summed E-state index contributed by atoms with van der Waals surface area (Å²) >= 11 is 0. The van der Waals surface area contributed by atoms with Gasteiger partial charge in [-0.1, -0.05) is 0 Å². The van der Waals surface area contributed by atoms with E-state index in [2.05, 4.69) is 0 Å². The molecular weight excluding hydrogens is 191 g/mol. The molecule has 0 spiro atoms. The Balaban J connectivity index is -0.00000000533. The molecule has 0 heterocycles. The van der Waals surface area contributed by atoms with E-state index in [1.54, 1.807) is 0 Å². The van der Waals surface area contributed by atoms with Crippen molar-refractivity contribution >= 4 is 7.82 Å². The van der Waals surface area contributed by atoms with Gasteiger partial charge in [-0.05, 0) is 0 Å². The fourth-order valence-electron chi connectivity index (χ4n) is 0. The van der Waals surface area contributed by atoms with Gasteiger partial charge >= 0.3 is 0 Å². The van der Waals surface area contributed by atoms with Crippen LogP contribution in [0.2, 0.25) is 0 Å². The number of hydrogen-bond donors (Lipinski definition) is 0. The van der Waals surface area contributed by atoms with Crippen LogP contribution in [0.15, 0.2) is 0 Å². The first kappa shape index (κ1) is 70.7. The molecule has 80 valence electrons. The Kier molecular flexibility index (Phi) is 145. The second-order valence-corrected chi connectivity index (χ2v) is 1.34. The van der Waals surface area contributed by atoms with Gasteiger partial charge in [0.25, 0.3) is 0 Å². The lowest BCUT2D eigenvalue weighted by Crippen LogP contribution is -2.24. The highest BCUT2D eigenvalue weighted by atomic mass is 31.2. The van der Waals surface area contributed by atoms with Crippen LogP contribution in [0.1, 0.15) is 0 Å². The summed E-state index contributed by atoms with van der Waals surface area (Å²) in [5, 5.41) is 0. The zero-order valence-corrected chi connectivity index (χ0v) is 5.97. The molecule has 0 aliphatic carbocycles. The molecule has 0 aromatic rings. The molecule has 0 aromatic heterocycles. The van der Waals surface area contributed by atoms with Crippen molar-refractivity contribution in [2.75, 3.05) is 0 Å². The molecule has 11 heavy (non-hydrogen) atoms. The SMILES string of the molecule is O.O.O.O.O.O.O=P([O-])([O-])[O-]. The molecule has 0 rings (SSSR count). The van der Waals surface area contributed by atoms with Gasteiger partial charge in [-0.3, -0.25) is 0 Å². The normalized spacial score (nSPS) is 5.36. The molecule has 0 aromatic carbocycles. The third-order valence-electron chi connectivity index (χ3n) is 0. The largest absolute Gasteiger partial charge is 0.822 e. The maximum Gasteiger partial charge on any atom is -0.159 e. The summed E-state index contributed by atoms with van der Waals surface area (Å²) in [4.78, 5) is 25.6. The summed E-state index contributed by atoms with van der Waals surface area (Å²) in [5.41, 5.74) is 0. The van der Waals surface area contributed by atoms with Crippen molar-refractivity contribution < 1.29 is 52.1 Å². The van der Waals surface area contributed by atoms with Crippen molar-refractivity contribution in [1.82, 2.24) is 0 Å². The highest BCUT2D eigenvalue weighted by Crippen LogP contribution is 2.03. The van der Waals surface area contributed by atoms with E-state index in [9.17, 15) is 0 Å². The van der Waals surface area contributed by atoms with Crippen LogP contribution in [0.25, 0.3) is 0 Å². The molecule has 0 atom stereocenters. The molecule has 0 amide bonds. The van der Waals surface area contributed by atoms with E-state index in [-0.39, 0.29) is 32.9 Å². The predicted octanol–water partition coefficient (Wildman–Crippen LogP) is -7.77. The molecule has 11 heteroatoms. The van der Waals surface area contributed by atoms with Crippen molar-refractivity contribution in [2.45, 2.75) is 0 Å². The minimum atomic E-state index is -5.39. The van der Waals surface area contributed by atoms with E-state index in [1.807, 2.05) is 0 Å². The summed E-state index contributed by atoms with van der Waals surface area (Å²) < 4.78 is 8.55. The highest BCUT2D eigenvalue weighted by molar-refractivity contribution is 7.40. The van der Waals surface area contributed by atoms with Crippen LogP contribution in [0, 0.1) is 0 Å². The predicted molar refractivity (Wildman–Crippen MR) is 29.3 cm³/mol. The first-order valence-corrected chi connectivity index (χ1v) is 2.19.